The molecule has 1 N–H and O–H groups in total. The molecule has 1 aromatic heterocycles. The van der Waals surface area contributed by atoms with Crippen molar-refractivity contribution in [1.82, 2.24) is 20.1 Å². The summed E-state index contributed by atoms with van der Waals surface area (Å²) in [5.74, 6) is 0.702. The van der Waals surface area contributed by atoms with Gasteiger partial charge in [-0.3, -0.25) is 10.1 Å². The number of aromatic nitrogens is 3. The average Bonchev–Trinajstić information content (AvgIpc) is 2.78. The van der Waals surface area contributed by atoms with E-state index in [-0.39, 0.29) is 5.69 Å². The predicted octanol–water partition coefficient (Wildman–Crippen LogP) is 0.895. The standard InChI is InChI=1S/C10H11N5O2/c1-11-6-10-12-7-13-14(10)8-3-2-4-9(5-8)15(16)17/h2-5,7,11H,6H2,1H3. The topological polar surface area (TPSA) is 85.9 Å². The lowest BCUT2D eigenvalue weighted by molar-refractivity contribution is -0.384. The molecule has 0 aliphatic heterocycles. The molecule has 7 heteroatoms. The van der Waals surface area contributed by atoms with Gasteiger partial charge in [0.25, 0.3) is 5.69 Å². The van der Waals surface area contributed by atoms with Gasteiger partial charge in [0.1, 0.15) is 12.2 Å². The maximum absolute atomic E-state index is 10.7. The fourth-order valence-corrected chi connectivity index (χ4v) is 1.50. The minimum absolute atomic E-state index is 0.0356. The van der Waals surface area contributed by atoms with Crippen LogP contribution in [0.15, 0.2) is 30.6 Å². The zero-order chi connectivity index (χ0) is 12.3. The number of hydrogen-bond acceptors (Lipinski definition) is 5. The van der Waals surface area contributed by atoms with Crippen molar-refractivity contribution >= 4 is 5.69 Å². The second-order valence-electron chi connectivity index (χ2n) is 3.40. The lowest BCUT2D eigenvalue weighted by Crippen LogP contribution is -2.12. The van der Waals surface area contributed by atoms with Crippen molar-refractivity contribution in [1.29, 1.82) is 0 Å². The lowest BCUT2D eigenvalue weighted by Gasteiger charge is -2.04. The number of rotatable bonds is 4. The lowest BCUT2D eigenvalue weighted by atomic mass is 10.3. The molecule has 0 amide bonds. The second-order valence-corrected chi connectivity index (χ2v) is 3.40. The van der Waals surface area contributed by atoms with Crippen LogP contribution in [0.3, 0.4) is 0 Å². The minimum atomic E-state index is -0.432. The van der Waals surface area contributed by atoms with Gasteiger partial charge in [0, 0.05) is 12.1 Å². The first-order valence-corrected chi connectivity index (χ1v) is 5.00. The third kappa shape index (κ3) is 2.28. The van der Waals surface area contributed by atoms with Gasteiger partial charge in [-0.15, -0.1) is 0 Å². The summed E-state index contributed by atoms with van der Waals surface area (Å²) in [4.78, 5) is 14.3. The normalized spacial score (nSPS) is 10.4. The number of non-ortho nitro benzene ring substituents is 1. The highest BCUT2D eigenvalue weighted by Gasteiger charge is 2.10. The smallest absolute Gasteiger partial charge is 0.271 e. The highest BCUT2D eigenvalue weighted by Crippen LogP contribution is 2.16. The summed E-state index contributed by atoms with van der Waals surface area (Å²) in [6.45, 7) is 0.544. The molecule has 7 nitrogen and oxygen atoms in total. The van der Waals surface area contributed by atoms with E-state index in [0.29, 0.717) is 18.1 Å². The Morgan fingerprint density at radius 2 is 2.35 bits per heavy atom. The third-order valence-corrected chi connectivity index (χ3v) is 2.24. The molecule has 1 aromatic carbocycles. The maximum Gasteiger partial charge on any atom is 0.271 e. The van der Waals surface area contributed by atoms with Crippen LogP contribution in [-0.4, -0.2) is 26.7 Å². The van der Waals surface area contributed by atoms with E-state index >= 15 is 0 Å². The van der Waals surface area contributed by atoms with Gasteiger partial charge in [0.15, 0.2) is 0 Å². The Morgan fingerprint density at radius 1 is 1.53 bits per heavy atom. The molecule has 0 radical (unpaired) electrons. The zero-order valence-corrected chi connectivity index (χ0v) is 9.20. The number of benzene rings is 1. The van der Waals surface area contributed by atoms with E-state index in [0.717, 1.165) is 0 Å². The van der Waals surface area contributed by atoms with E-state index in [2.05, 4.69) is 15.4 Å². The summed E-state index contributed by atoms with van der Waals surface area (Å²) in [6.07, 6.45) is 1.42. The van der Waals surface area contributed by atoms with Gasteiger partial charge in [0.2, 0.25) is 0 Å². The van der Waals surface area contributed by atoms with E-state index in [4.69, 9.17) is 0 Å². The van der Waals surface area contributed by atoms with E-state index < -0.39 is 4.92 Å². The average molecular weight is 233 g/mol. The van der Waals surface area contributed by atoms with Gasteiger partial charge < -0.3 is 5.32 Å². The van der Waals surface area contributed by atoms with Gasteiger partial charge in [-0.05, 0) is 13.1 Å². The quantitative estimate of drug-likeness (QED) is 0.626. The molecule has 0 unspecified atom stereocenters. The fraction of sp³-hybridized carbons (Fsp3) is 0.200. The molecule has 0 bridgehead atoms. The first-order chi connectivity index (χ1) is 8.22. The van der Waals surface area contributed by atoms with Crippen LogP contribution in [0.2, 0.25) is 0 Å². The van der Waals surface area contributed by atoms with Crippen LogP contribution in [-0.2, 0) is 6.54 Å². The number of nitrogens with one attached hydrogen (secondary N) is 1. The molecule has 17 heavy (non-hydrogen) atoms. The van der Waals surface area contributed by atoms with Crippen LogP contribution in [0.5, 0.6) is 0 Å². The Kier molecular flexibility index (Phi) is 3.10. The summed E-state index contributed by atoms with van der Waals surface area (Å²) in [6, 6.07) is 6.28. The highest BCUT2D eigenvalue weighted by atomic mass is 16.6. The molecule has 0 saturated heterocycles. The maximum atomic E-state index is 10.7. The van der Waals surface area contributed by atoms with E-state index in [1.807, 2.05) is 0 Å². The molecular formula is C10H11N5O2. The molecule has 1 heterocycles. The second kappa shape index (κ2) is 4.71. The first kappa shape index (κ1) is 11.2. The number of nitro groups is 1. The molecule has 0 fully saturated rings. The molecule has 2 rings (SSSR count). The number of nitro benzene ring substituents is 1. The summed E-state index contributed by atoms with van der Waals surface area (Å²) in [5.41, 5.74) is 0.662. The number of nitrogens with zero attached hydrogens (tertiary/aromatic N) is 4. The molecular weight excluding hydrogens is 222 g/mol. The van der Waals surface area contributed by atoms with E-state index in [1.54, 1.807) is 23.9 Å². The molecule has 0 atom stereocenters. The molecule has 0 spiro atoms. The minimum Gasteiger partial charge on any atom is -0.313 e. The van der Waals surface area contributed by atoms with Gasteiger partial charge in [0.05, 0.1) is 17.2 Å². The highest BCUT2D eigenvalue weighted by molar-refractivity contribution is 5.42. The van der Waals surface area contributed by atoms with Crippen LogP contribution < -0.4 is 5.32 Å². The molecule has 2 aromatic rings. The Hall–Kier alpha value is -2.28. The molecule has 0 aliphatic carbocycles. The summed E-state index contributed by atoms with van der Waals surface area (Å²) < 4.78 is 1.57. The molecule has 0 saturated carbocycles. The van der Waals surface area contributed by atoms with Gasteiger partial charge in [-0.1, -0.05) is 6.07 Å². The van der Waals surface area contributed by atoms with Crippen molar-refractivity contribution in [3.8, 4) is 5.69 Å². The van der Waals surface area contributed by atoms with E-state index in [9.17, 15) is 10.1 Å². The van der Waals surface area contributed by atoms with Crippen LogP contribution in [0.1, 0.15) is 5.82 Å². The van der Waals surface area contributed by atoms with Crippen LogP contribution >= 0.6 is 0 Å². The van der Waals surface area contributed by atoms with Gasteiger partial charge in [-0.25, -0.2) is 9.67 Å². The van der Waals surface area contributed by atoms with Gasteiger partial charge in [-0.2, -0.15) is 5.10 Å². The first-order valence-electron chi connectivity index (χ1n) is 5.00. The van der Waals surface area contributed by atoms with Crippen molar-refractivity contribution in [3.05, 3.63) is 46.5 Å². The Morgan fingerprint density at radius 3 is 3.06 bits per heavy atom. The largest absolute Gasteiger partial charge is 0.313 e. The van der Waals surface area contributed by atoms with Crippen LogP contribution in [0, 0.1) is 10.1 Å². The molecule has 0 aliphatic rings. The third-order valence-electron chi connectivity index (χ3n) is 2.24. The zero-order valence-electron chi connectivity index (χ0n) is 9.20. The number of hydrogen-bond donors (Lipinski definition) is 1. The Bertz CT molecular complexity index is 537. The van der Waals surface area contributed by atoms with Crippen molar-refractivity contribution in [3.63, 3.8) is 0 Å². The fourth-order valence-electron chi connectivity index (χ4n) is 1.50. The Balaban J connectivity index is 2.42. The molecule has 88 valence electrons. The van der Waals surface area contributed by atoms with Crippen LogP contribution in [0.25, 0.3) is 5.69 Å². The van der Waals surface area contributed by atoms with Crippen molar-refractivity contribution in [2.75, 3.05) is 7.05 Å². The van der Waals surface area contributed by atoms with Crippen molar-refractivity contribution in [2.45, 2.75) is 6.54 Å². The predicted molar refractivity (Wildman–Crippen MR) is 60.8 cm³/mol. The van der Waals surface area contributed by atoms with Crippen LogP contribution in [0.4, 0.5) is 5.69 Å². The summed E-state index contributed by atoms with van der Waals surface area (Å²) in [7, 11) is 1.80. The van der Waals surface area contributed by atoms with E-state index in [1.165, 1.54) is 18.5 Å². The van der Waals surface area contributed by atoms with Crippen molar-refractivity contribution in [2.24, 2.45) is 0 Å². The summed E-state index contributed by atoms with van der Waals surface area (Å²) in [5, 5.41) is 17.7. The summed E-state index contributed by atoms with van der Waals surface area (Å²) >= 11 is 0. The van der Waals surface area contributed by atoms with Gasteiger partial charge >= 0.3 is 0 Å². The Labute approximate surface area is 97.2 Å². The monoisotopic (exact) mass is 233 g/mol. The van der Waals surface area contributed by atoms with Crippen molar-refractivity contribution < 1.29 is 4.92 Å². The SMILES string of the molecule is CNCc1ncnn1-c1cccc([N+](=O)[O-])c1.